The van der Waals surface area contributed by atoms with Crippen LogP contribution in [0, 0.1) is 11.8 Å². The number of hydrogen-bond donors (Lipinski definition) is 1. The van der Waals surface area contributed by atoms with Crippen molar-refractivity contribution >= 4 is 5.91 Å². The summed E-state index contributed by atoms with van der Waals surface area (Å²) in [5.41, 5.74) is 1.24. The van der Waals surface area contributed by atoms with Crippen molar-refractivity contribution in [2.24, 2.45) is 11.8 Å². The number of amides is 1. The first-order chi connectivity index (χ1) is 11.1. The Morgan fingerprint density at radius 1 is 1.26 bits per heavy atom. The van der Waals surface area contributed by atoms with E-state index in [0.29, 0.717) is 37.5 Å². The number of carbonyl (C=O) groups excluding carboxylic acids is 1. The van der Waals surface area contributed by atoms with E-state index in [-0.39, 0.29) is 17.4 Å². The van der Waals surface area contributed by atoms with Gasteiger partial charge in [0.2, 0.25) is 5.91 Å². The number of carbonyl (C=O) groups is 1. The number of fused-ring (bicyclic) bond motifs is 2. The van der Waals surface area contributed by atoms with Crippen LogP contribution in [-0.2, 0) is 14.9 Å². The molecule has 3 saturated carbocycles. The van der Waals surface area contributed by atoms with Crippen LogP contribution < -0.4 is 0 Å². The minimum atomic E-state index is -0.329. The highest BCUT2D eigenvalue weighted by Gasteiger charge is 2.55. The Kier molecular flexibility index (Phi) is 3.69. The number of hydrogen-bond acceptors (Lipinski definition) is 3. The molecule has 23 heavy (non-hydrogen) atoms. The third kappa shape index (κ3) is 2.48. The molecule has 4 nitrogen and oxygen atoms in total. The van der Waals surface area contributed by atoms with Gasteiger partial charge in [0, 0.05) is 32.0 Å². The van der Waals surface area contributed by atoms with E-state index in [4.69, 9.17) is 4.74 Å². The molecule has 1 aromatic rings. The maximum absolute atomic E-state index is 12.7. The van der Waals surface area contributed by atoms with E-state index in [1.54, 1.807) is 4.90 Å². The Morgan fingerprint density at radius 2 is 1.91 bits per heavy atom. The van der Waals surface area contributed by atoms with Gasteiger partial charge in [-0.1, -0.05) is 30.3 Å². The van der Waals surface area contributed by atoms with Gasteiger partial charge in [-0.2, -0.15) is 0 Å². The van der Waals surface area contributed by atoms with Gasteiger partial charge in [-0.15, -0.1) is 0 Å². The fourth-order valence-corrected chi connectivity index (χ4v) is 5.05. The van der Waals surface area contributed by atoms with Crippen molar-refractivity contribution in [3.63, 3.8) is 0 Å². The second-order valence-corrected chi connectivity index (χ2v) is 7.64. The zero-order valence-electron chi connectivity index (χ0n) is 13.6. The molecule has 2 unspecified atom stereocenters. The molecule has 1 saturated heterocycles. The molecule has 4 aliphatic rings. The van der Waals surface area contributed by atoms with E-state index in [0.717, 1.165) is 12.8 Å². The van der Waals surface area contributed by atoms with Crippen LogP contribution in [0.2, 0.25) is 0 Å². The van der Waals surface area contributed by atoms with Crippen LogP contribution in [0.1, 0.15) is 31.2 Å². The maximum Gasteiger partial charge on any atom is 0.223 e. The molecule has 1 amide bonds. The minimum Gasteiger partial charge on any atom is -0.389 e. The third-order valence-electron chi connectivity index (χ3n) is 6.20. The molecular formula is C19H25NO3. The first-order valence-electron chi connectivity index (χ1n) is 8.65. The van der Waals surface area contributed by atoms with Gasteiger partial charge in [-0.25, -0.2) is 0 Å². The van der Waals surface area contributed by atoms with E-state index in [1.165, 1.54) is 12.0 Å². The first-order valence-corrected chi connectivity index (χ1v) is 8.65. The highest BCUT2D eigenvalue weighted by atomic mass is 16.5. The lowest BCUT2D eigenvalue weighted by Crippen LogP contribution is -2.58. The highest BCUT2D eigenvalue weighted by molar-refractivity contribution is 5.79. The number of ether oxygens (including phenoxy) is 1. The molecule has 124 valence electrons. The number of rotatable bonds is 4. The Hall–Kier alpha value is -1.39. The van der Waals surface area contributed by atoms with Crippen LogP contribution in [0.4, 0.5) is 0 Å². The minimum absolute atomic E-state index is 0.0541. The lowest BCUT2D eigenvalue weighted by molar-refractivity contribution is -0.151. The predicted molar refractivity (Wildman–Crippen MR) is 87.0 cm³/mol. The molecule has 4 fully saturated rings. The molecule has 1 aliphatic heterocycles. The van der Waals surface area contributed by atoms with Crippen molar-refractivity contribution < 1.29 is 14.6 Å². The van der Waals surface area contributed by atoms with E-state index >= 15 is 0 Å². The van der Waals surface area contributed by atoms with Gasteiger partial charge in [-0.3, -0.25) is 4.79 Å². The molecule has 0 radical (unpaired) electrons. The van der Waals surface area contributed by atoms with E-state index in [1.807, 2.05) is 13.2 Å². The van der Waals surface area contributed by atoms with Crippen LogP contribution in [0.25, 0.3) is 0 Å². The molecule has 3 aliphatic carbocycles. The number of methoxy groups -OCH3 is 1. The van der Waals surface area contributed by atoms with Gasteiger partial charge in [-0.05, 0) is 36.7 Å². The number of benzene rings is 1. The van der Waals surface area contributed by atoms with Gasteiger partial charge >= 0.3 is 0 Å². The van der Waals surface area contributed by atoms with Crippen molar-refractivity contribution in [2.75, 3.05) is 20.2 Å². The fraction of sp³-hybridized carbons (Fsp3) is 0.632. The van der Waals surface area contributed by atoms with Crippen molar-refractivity contribution in [3.05, 3.63) is 35.9 Å². The lowest BCUT2D eigenvalue weighted by Gasteiger charge is -2.57. The number of likely N-dealkylation sites (tertiary alicyclic amines) is 1. The van der Waals surface area contributed by atoms with Crippen LogP contribution in [-0.4, -0.2) is 48.3 Å². The summed E-state index contributed by atoms with van der Waals surface area (Å²) in [5.74, 6) is 1.34. The maximum atomic E-state index is 12.7. The summed E-state index contributed by atoms with van der Waals surface area (Å²) < 4.78 is 5.65. The summed E-state index contributed by atoms with van der Waals surface area (Å²) in [6, 6.07) is 10.5. The van der Waals surface area contributed by atoms with Gasteiger partial charge < -0.3 is 14.7 Å². The zero-order valence-corrected chi connectivity index (χ0v) is 13.6. The van der Waals surface area contributed by atoms with Crippen molar-refractivity contribution in [2.45, 2.75) is 43.3 Å². The monoisotopic (exact) mass is 315 g/mol. The normalized spacial score (nSPS) is 36.3. The van der Waals surface area contributed by atoms with Crippen molar-refractivity contribution in [3.8, 4) is 0 Å². The number of β-amino-alcohol motifs (C(OH)–C–C–N with tert-alkyl or cyclic N) is 1. The largest absolute Gasteiger partial charge is 0.389 e. The topological polar surface area (TPSA) is 49.8 Å². The smallest absolute Gasteiger partial charge is 0.223 e. The third-order valence-corrected chi connectivity index (χ3v) is 6.20. The summed E-state index contributed by atoms with van der Waals surface area (Å²) >= 11 is 0. The summed E-state index contributed by atoms with van der Waals surface area (Å²) in [6.07, 6.45) is 3.93. The molecule has 1 aromatic carbocycles. The van der Waals surface area contributed by atoms with Gasteiger partial charge in [0.05, 0.1) is 12.2 Å². The second-order valence-electron chi connectivity index (χ2n) is 7.64. The van der Waals surface area contributed by atoms with Crippen LogP contribution in [0.15, 0.2) is 30.3 Å². The zero-order chi connectivity index (χ0) is 16.0. The Balaban J connectivity index is 1.57. The SMILES string of the molecule is COC1C2CC1CC(CC(=O)N1CC(O)C1)(c1ccccc1)C2. The van der Waals surface area contributed by atoms with E-state index < -0.39 is 0 Å². The van der Waals surface area contributed by atoms with Gasteiger partial charge in [0.15, 0.2) is 0 Å². The molecule has 1 N–H and O–H groups in total. The molecule has 0 aromatic heterocycles. The predicted octanol–water partition coefficient (Wildman–Crippen LogP) is 1.96. The number of nitrogens with zero attached hydrogens (tertiary/aromatic N) is 1. The molecule has 1 heterocycles. The molecule has 0 spiro atoms. The molecule has 5 rings (SSSR count). The van der Waals surface area contributed by atoms with E-state index in [9.17, 15) is 9.90 Å². The molecular weight excluding hydrogens is 290 g/mol. The van der Waals surface area contributed by atoms with Gasteiger partial charge in [0.1, 0.15) is 0 Å². The van der Waals surface area contributed by atoms with Crippen LogP contribution >= 0.6 is 0 Å². The summed E-state index contributed by atoms with van der Waals surface area (Å²) in [7, 11) is 1.81. The standard InChI is InChI=1S/C19H25NO3/c1-23-18-13-7-14(18)9-19(8-13,15-5-3-2-4-6-15)10-17(22)20-11-16(21)12-20/h2-6,13-14,16,18,21H,7-12H2,1H3. The first kappa shape index (κ1) is 15.2. The van der Waals surface area contributed by atoms with E-state index in [2.05, 4.69) is 24.3 Å². The van der Waals surface area contributed by atoms with Crippen molar-refractivity contribution in [1.29, 1.82) is 0 Å². The molecule has 2 bridgehead atoms. The Bertz CT molecular complexity index is 570. The molecule has 4 heteroatoms. The molecule has 2 atom stereocenters. The highest BCUT2D eigenvalue weighted by Crippen LogP contribution is 2.57. The average molecular weight is 315 g/mol. The second kappa shape index (κ2) is 5.60. The van der Waals surface area contributed by atoms with Crippen molar-refractivity contribution in [1.82, 2.24) is 4.90 Å². The summed E-state index contributed by atoms with van der Waals surface area (Å²) in [5, 5.41) is 9.46. The van der Waals surface area contributed by atoms with Crippen LogP contribution in [0.5, 0.6) is 0 Å². The fourth-order valence-electron chi connectivity index (χ4n) is 5.05. The Labute approximate surface area is 137 Å². The quantitative estimate of drug-likeness (QED) is 0.924. The number of aliphatic hydroxyl groups is 1. The summed E-state index contributed by atoms with van der Waals surface area (Å²) in [6.45, 7) is 0.995. The summed E-state index contributed by atoms with van der Waals surface area (Å²) in [4.78, 5) is 14.5. The Morgan fingerprint density at radius 3 is 2.48 bits per heavy atom. The number of aliphatic hydroxyl groups excluding tert-OH is 1. The average Bonchev–Trinajstić information content (AvgIpc) is 2.53. The van der Waals surface area contributed by atoms with Gasteiger partial charge in [0.25, 0.3) is 0 Å². The van der Waals surface area contributed by atoms with Crippen LogP contribution in [0.3, 0.4) is 0 Å². The lowest BCUT2D eigenvalue weighted by atomic mass is 9.50.